The molecule has 24 heavy (non-hydrogen) atoms. The molecule has 116 valence electrons. The second kappa shape index (κ2) is 6.68. The second-order valence-electron chi connectivity index (χ2n) is 5.26. The fourth-order valence-electron chi connectivity index (χ4n) is 2.40. The van der Waals surface area contributed by atoms with Crippen LogP contribution in [0.2, 0.25) is 0 Å². The van der Waals surface area contributed by atoms with Crippen LogP contribution in [0.3, 0.4) is 0 Å². The van der Waals surface area contributed by atoms with E-state index in [-0.39, 0.29) is 6.61 Å². The van der Waals surface area contributed by atoms with Crippen molar-refractivity contribution in [1.82, 2.24) is 9.97 Å². The van der Waals surface area contributed by atoms with Crippen LogP contribution in [0.15, 0.2) is 42.5 Å². The van der Waals surface area contributed by atoms with E-state index in [0.29, 0.717) is 17.1 Å². The van der Waals surface area contributed by atoms with Crippen LogP contribution in [0.25, 0.3) is 22.7 Å². The number of ether oxygens (including phenoxy) is 1. The van der Waals surface area contributed by atoms with Gasteiger partial charge in [-0.05, 0) is 36.8 Å². The fraction of sp³-hybridized carbons (Fsp3) is 0.105. The third kappa shape index (κ3) is 3.11. The number of H-pyrrole nitrogens is 1. The van der Waals surface area contributed by atoms with Crippen molar-refractivity contribution in [3.63, 3.8) is 0 Å². The van der Waals surface area contributed by atoms with Gasteiger partial charge in [-0.25, -0.2) is 4.98 Å². The molecule has 1 heterocycles. The van der Waals surface area contributed by atoms with Crippen molar-refractivity contribution in [3.8, 4) is 17.9 Å². The number of nitrogens with one attached hydrogen (secondary N) is 1. The summed E-state index contributed by atoms with van der Waals surface area (Å²) in [5, 5.41) is 18.2. The van der Waals surface area contributed by atoms with Crippen molar-refractivity contribution < 1.29 is 4.74 Å². The van der Waals surface area contributed by atoms with E-state index in [1.807, 2.05) is 49.4 Å². The smallest absolute Gasteiger partial charge is 0.174 e. The molecular weight excluding hydrogens is 300 g/mol. The van der Waals surface area contributed by atoms with Gasteiger partial charge in [-0.2, -0.15) is 10.5 Å². The molecule has 0 amide bonds. The van der Waals surface area contributed by atoms with E-state index in [1.165, 1.54) is 0 Å². The van der Waals surface area contributed by atoms with Crippen LogP contribution >= 0.6 is 0 Å². The predicted molar refractivity (Wildman–Crippen MR) is 91.9 cm³/mol. The lowest BCUT2D eigenvalue weighted by molar-refractivity contribution is 0.367. The Morgan fingerprint density at radius 1 is 1.25 bits per heavy atom. The summed E-state index contributed by atoms with van der Waals surface area (Å²) in [7, 11) is 0. The summed E-state index contributed by atoms with van der Waals surface area (Å²) in [6.45, 7) is 1.96. The molecule has 0 aliphatic rings. The number of hydrogen-bond donors (Lipinski definition) is 1. The normalized spacial score (nSPS) is 11.0. The van der Waals surface area contributed by atoms with Gasteiger partial charge in [0.25, 0.3) is 0 Å². The molecule has 0 radical (unpaired) electrons. The number of imidazole rings is 1. The maximum absolute atomic E-state index is 9.52. The van der Waals surface area contributed by atoms with Crippen LogP contribution in [0.5, 0.6) is 5.75 Å². The third-order valence-electron chi connectivity index (χ3n) is 3.52. The second-order valence-corrected chi connectivity index (χ2v) is 5.26. The lowest BCUT2D eigenvalue weighted by Crippen LogP contribution is -1.95. The molecule has 0 bridgehead atoms. The maximum Gasteiger partial charge on any atom is 0.174 e. The average molecular weight is 314 g/mol. The highest BCUT2D eigenvalue weighted by atomic mass is 16.5. The molecule has 2 aromatic carbocycles. The van der Waals surface area contributed by atoms with Gasteiger partial charge in [-0.3, -0.25) is 0 Å². The molecule has 1 N–H and O–H groups in total. The van der Waals surface area contributed by atoms with Crippen molar-refractivity contribution in [2.45, 2.75) is 6.92 Å². The first kappa shape index (κ1) is 15.3. The molecule has 0 aliphatic carbocycles. The molecule has 3 aromatic rings. The number of aromatic amines is 1. The van der Waals surface area contributed by atoms with Crippen molar-refractivity contribution in [2.75, 3.05) is 6.61 Å². The van der Waals surface area contributed by atoms with E-state index in [0.717, 1.165) is 22.2 Å². The third-order valence-corrected chi connectivity index (χ3v) is 3.52. The molecule has 0 saturated carbocycles. The Labute approximate surface area is 139 Å². The number of aromatic nitrogens is 2. The molecule has 0 spiro atoms. The van der Waals surface area contributed by atoms with Gasteiger partial charge in [0.1, 0.15) is 23.7 Å². The molecular formula is C19H14N4O. The SMILES string of the molecule is Cc1ccc2nc(C(C#N)=Cc3ccccc3OCC#N)[nH]c2c1. The largest absolute Gasteiger partial charge is 0.478 e. The van der Waals surface area contributed by atoms with Crippen molar-refractivity contribution in [1.29, 1.82) is 10.5 Å². The molecule has 0 saturated heterocycles. The van der Waals surface area contributed by atoms with Gasteiger partial charge in [0.15, 0.2) is 6.61 Å². The molecule has 1 aromatic heterocycles. The first-order valence-electron chi connectivity index (χ1n) is 7.38. The van der Waals surface area contributed by atoms with Crippen LogP contribution in [0, 0.1) is 29.6 Å². The predicted octanol–water partition coefficient (Wildman–Crippen LogP) is 3.84. The lowest BCUT2D eigenvalue weighted by atomic mass is 10.1. The Morgan fingerprint density at radius 3 is 2.88 bits per heavy atom. The Balaban J connectivity index is 2.03. The summed E-state index contributed by atoms with van der Waals surface area (Å²) in [6.07, 6.45) is 1.71. The topological polar surface area (TPSA) is 85.5 Å². The minimum absolute atomic E-state index is 0.0450. The highest BCUT2D eigenvalue weighted by Crippen LogP contribution is 2.25. The molecule has 5 nitrogen and oxygen atoms in total. The van der Waals surface area contributed by atoms with Gasteiger partial charge in [-0.15, -0.1) is 0 Å². The van der Waals surface area contributed by atoms with Gasteiger partial charge in [0, 0.05) is 5.56 Å². The van der Waals surface area contributed by atoms with E-state index in [9.17, 15) is 5.26 Å². The summed E-state index contributed by atoms with van der Waals surface area (Å²) >= 11 is 0. The van der Waals surface area contributed by atoms with E-state index in [4.69, 9.17) is 10.00 Å². The Bertz CT molecular complexity index is 1000. The molecule has 5 heteroatoms. The number of hydrogen-bond acceptors (Lipinski definition) is 4. The van der Waals surface area contributed by atoms with E-state index >= 15 is 0 Å². The lowest BCUT2D eigenvalue weighted by Gasteiger charge is -2.05. The standard InChI is InChI=1S/C19H14N4O/c1-13-6-7-16-17(10-13)23-19(22-16)15(12-21)11-14-4-2-3-5-18(14)24-9-8-20/h2-7,10-11H,9H2,1H3,(H,22,23). The van der Waals surface area contributed by atoms with Crippen LogP contribution in [0.4, 0.5) is 0 Å². The molecule has 0 unspecified atom stereocenters. The number of aryl methyl sites for hydroxylation is 1. The number of rotatable bonds is 4. The highest BCUT2D eigenvalue weighted by molar-refractivity contribution is 5.91. The molecule has 0 atom stereocenters. The minimum Gasteiger partial charge on any atom is -0.478 e. The van der Waals surface area contributed by atoms with Crippen molar-refractivity contribution in [2.24, 2.45) is 0 Å². The molecule has 0 aliphatic heterocycles. The van der Waals surface area contributed by atoms with Gasteiger partial charge in [0.05, 0.1) is 16.6 Å². The number of nitrogens with zero attached hydrogens (tertiary/aromatic N) is 3. The summed E-state index contributed by atoms with van der Waals surface area (Å²) < 4.78 is 5.40. The summed E-state index contributed by atoms with van der Waals surface area (Å²) in [6, 6.07) is 17.3. The zero-order valence-electron chi connectivity index (χ0n) is 13.1. The maximum atomic E-state index is 9.52. The minimum atomic E-state index is -0.0450. The van der Waals surface area contributed by atoms with Crippen LogP contribution < -0.4 is 4.74 Å². The number of nitriles is 2. The Kier molecular flexibility index (Phi) is 4.27. The highest BCUT2D eigenvalue weighted by Gasteiger charge is 2.10. The fourth-order valence-corrected chi connectivity index (χ4v) is 2.40. The van der Waals surface area contributed by atoms with Gasteiger partial charge < -0.3 is 9.72 Å². The van der Waals surface area contributed by atoms with Crippen LogP contribution in [-0.4, -0.2) is 16.6 Å². The van der Waals surface area contributed by atoms with Gasteiger partial charge >= 0.3 is 0 Å². The van der Waals surface area contributed by atoms with Crippen molar-refractivity contribution in [3.05, 3.63) is 59.4 Å². The monoisotopic (exact) mass is 314 g/mol. The van der Waals surface area contributed by atoms with Crippen LogP contribution in [-0.2, 0) is 0 Å². The summed E-state index contributed by atoms with van der Waals surface area (Å²) in [5.74, 6) is 1.06. The van der Waals surface area contributed by atoms with E-state index < -0.39 is 0 Å². The van der Waals surface area contributed by atoms with Crippen molar-refractivity contribution >= 4 is 22.7 Å². The molecule has 0 fully saturated rings. The van der Waals surface area contributed by atoms with E-state index in [2.05, 4.69) is 16.0 Å². The summed E-state index contributed by atoms with van der Waals surface area (Å²) in [5.41, 5.74) is 3.94. The Morgan fingerprint density at radius 2 is 2.08 bits per heavy atom. The summed E-state index contributed by atoms with van der Waals surface area (Å²) in [4.78, 5) is 7.65. The number of para-hydroxylation sites is 1. The van der Waals surface area contributed by atoms with Crippen LogP contribution in [0.1, 0.15) is 17.0 Å². The first-order valence-corrected chi connectivity index (χ1v) is 7.38. The molecule has 3 rings (SSSR count). The van der Waals surface area contributed by atoms with Gasteiger partial charge in [0.2, 0.25) is 0 Å². The average Bonchev–Trinajstić information content (AvgIpc) is 3.01. The van der Waals surface area contributed by atoms with E-state index in [1.54, 1.807) is 12.1 Å². The first-order chi connectivity index (χ1) is 11.7. The Hall–Kier alpha value is -3.57. The quantitative estimate of drug-likeness (QED) is 0.741. The number of allylic oxidation sites excluding steroid dienone is 1. The zero-order chi connectivity index (χ0) is 16.9. The van der Waals surface area contributed by atoms with Gasteiger partial charge in [-0.1, -0.05) is 24.3 Å². The number of fused-ring (bicyclic) bond motifs is 1. The zero-order valence-corrected chi connectivity index (χ0v) is 13.1. The number of benzene rings is 2.